The van der Waals surface area contributed by atoms with Gasteiger partial charge in [-0.1, -0.05) is 6.07 Å². The molecule has 1 heterocycles. The largest absolute Gasteiger partial charge is 0.352 e. The second kappa shape index (κ2) is 4.11. The molecule has 1 aliphatic carbocycles. The summed E-state index contributed by atoms with van der Waals surface area (Å²) in [5.41, 5.74) is 5.81. The monoisotopic (exact) mass is 210 g/mol. The molecule has 0 radical (unpaired) electrons. The molecule has 3 nitrogen and oxygen atoms in total. The van der Waals surface area contributed by atoms with Gasteiger partial charge in [0.25, 0.3) is 0 Å². The fourth-order valence-corrected chi connectivity index (χ4v) is 2.17. The second-order valence-electron chi connectivity index (χ2n) is 3.63. The van der Waals surface area contributed by atoms with Gasteiger partial charge in [-0.2, -0.15) is 0 Å². The lowest BCUT2D eigenvalue weighted by atomic mass is 9.93. The van der Waals surface area contributed by atoms with E-state index in [4.69, 9.17) is 5.73 Å². The van der Waals surface area contributed by atoms with Crippen LogP contribution < -0.4 is 11.1 Å². The number of carbonyl (C=O) groups is 1. The predicted octanol–water partition coefficient (Wildman–Crippen LogP) is 1.42. The van der Waals surface area contributed by atoms with Crippen molar-refractivity contribution >= 4 is 17.2 Å². The summed E-state index contributed by atoms with van der Waals surface area (Å²) < 4.78 is 0. The molecule has 76 valence electrons. The normalized spacial score (nSPS) is 18.6. The summed E-state index contributed by atoms with van der Waals surface area (Å²) in [7, 11) is 0. The van der Waals surface area contributed by atoms with Crippen molar-refractivity contribution in [2.24, 2.45) is 5.73 Å². The molecule has 1 unspecified atom stereocenters. The molecule has 2 rings (SSSR count). The summed E-state index contributed by atoms with van der Waals surface area (Å²) in [6.45, 7) is 0. The van der Waals surface area contributed by atoms with Crippen molar-refractivity contribution in [2.45, 2.75) is 31.3 Å². The van der Waals surface area contributed by atoms with Gasteiger partial charge >= 0.3 is 0 Å². The maximum Gasteiger partial charge on any atom is 0.242 e. The first-order valence-electron chi connectivity index (χ1n) is 4.87. The van der Waals surface area contributed by atoms with E-state index in [1.54, 1.807) is 0 Å². The van der Waals surface area contributed by atoms with Crippen LogP contribution in [0, 0.1) is 0 Å². The van der Waals surface area contributed by atoms with Crippen molar-refractivity contribution in [1.82, 2.24) is 5.32 Å². The number of amides is 1. The Labute approximate surface area is 87.3 Å². The zero-order chi connectivity index (χ0) is 9.97. The Bertz CT molecular complexity index is 306. The molecular formula is C10H14N2OS. The van der Waals surface area contributed by atoms with Gasteiger partial charge in [-0.05, 0) is 30.7 Å². The Morgan fingerprint density at radius 2 is 2.43 bits per heavy atom. The Balaban J connectivity index is 1.90. The minimum Gasteiger partial charge on any atom is -0.352 e. The van der Waals surface area contributed by atoms with Crippen molar-refractivity contribution in [2.75, 3.05) is 0 Å². The number of hydrogen-bond acceptors (Lipinski definition) is 3. The van der Waals surface area contributed by atoms with Crippen LogP contribution in [-0.2, 0) is 4.79 Å². The Morgan fingerprint density at radius 3 is 2.93 bits per heavy atom. The molecule has 1 saturated carbocycles. The van der Waals surface area contributed by atoms with E-state index < -0.39 is 6.04 Å². The Morgan fingerprint density at radius 1 is 1.64 bits per heavy atom. The van der Waals surface area contributed by atoms with Gasteiger partial charge in [0.1, 0.15) is 6.04 Å². The van der Waals surface area contributed by atoms with Crippen molar-refractivity contribution in [1.29, 1.82) is 0 Å². The van der Waals surface area contributed by atoms with E-state index in [0.29, 0.717) is 6.04 Å². The van der Waals surface area contributed by atoms with E-state index in [1.165, 1.54) is 17.8 Å². The zero-order valence-corrected chi connectivity index (χ0v) is 8.72. The lowest BCUT2D eigenvalue weighted by molar-refractivity contribution is -0.123. The van der Waals surface area contributed by atoms with E-state index in [-0.39, 0.29) is 5.91 Å². The molecule has 3 N–H and O–H groups in total. The number of nitrogens with one attached hydrogen (secondary N) is 1. The number of thiophene rings is 1. The molecule has 1 aromatic heterocycles. The zero-order valence-electron chi connectivity index (χ0n) is 7.90. The first-order chi connectivity index (χ1) is 6.77. The standard InChI is InChI=1S/C10H14N2OS/c11-9(8-5-2-6-14-8)10(13)12-7-3-1-4-7/h2,5-7,9H,1,3-4,11H2,(H,12,13). The van der Waals surface area contributed by atoms with Crippen LogP contribution in [-0.4, -0.2) is 11.9 Å². The molecule has 0 aromatic carbocycles. The van der Waals surface area contributed by atoms with Crippen molar-refractivity contribution < 1.29 is 4.79 Å². The van der Waals surface area contributed by atoms with E-state index in [1.807, 2.05) is 17.5 Å². The van der Waals surface area contributed by atoms with Gasteiger partial charge < -0.3 is 11.1 Å². The van der Waals surface area contributed by atoms with Crippen LogP contribution in [0.25, 0.3) is 0 Å². The molecule has 1 aliphatic rings. The number of hydrogen-bond donors (Lipinski definition) is 2. The van der Waals surface area contributed by atoms with Gasteiger partial charge in [0.2, 0.25) is 5.91 Å². The highest BCUT2D eigenvalue weighted by Gasteiger charge is 2.23. The Hall–Kier alpha value is -0.870. The van der Waals surface area contributed by atoms with Crippen molar-refractivity contribution in [3.63, 3.8) is 0 Å². The van der Waals surface area contributed by atoms with Crippen molar-refractivity contribution in [3.05, 3.63) is 22.4 Å². The summed E-state index contributed by atoms with van der Waals surface area (Å²) in [6.07, 6.45) is 3.42. The SMILES string of the molecule is NC(C(=O)NC1CCC1)c1cccs1. The van der Waals surface area contributed by atoms with Gasteiger partial charge in [0.15, 0.2) is 0 Å². The topological polar surface area (TPSA) is 55.1 Å². The van der Waals surface area contributed by atoms with Crippen LogP contribution >= 0.6 is 11.3 Å². The predicted molar refractivity (Wildman–Crippen MR) is 57.0 cm³/mol. The highest BCUT2D eigenvalue weighted by atomic mass is 32.1. The molecule has 0 spiro atoms. The maximum absolute atomic E-state index is 11.6. The van der Waals surface area contributed by atoms with Gasteiger partial charge in [0.05, 0.1) is 0 Å². The molecule has 0 bridgehead atoms. The van der Waals surface area contributed by atoms with Crippen LogP contribution in [0.4, 0.5) is 0 Å². The maximum atomic E-state index is 11.6. The van der Waals surface area contributed by atoms with E-state index in [2.05, 4.69) is 5.32 Å². The van der Waals surface area contributed by atoms with Crippen LogP contribution in [0.2, 0.25) is 0 Å². The molecule has 1 atom stereocenters. The molecule has 1 fully saturated rings. The average Bonchev–Trinajstić information content (AvgIpc) is 2.62. The van der Waals surface area contributed by atoms with Crippen LogP contribution in [0.5, 0.6) is 0 Å². The van der Waals surface area contributed by atoms with Crippen molar-refractivity contribution in [3.8, 4) is 0 Å². The fraction of sp³-hybridized carbons (Fsp3) is 0.500. The summed E-state index contributed by atoms with van der Waals surface area (Å²) in [6, 6.07) is 3.69. The van der Waals surface area contributed by atoms with Gasteiger partial charge in [-0.25, -0.2) is 0 Å². The third-order valence-corrected chi connectivity index (χ3v) is 3.54. The third-order valence-electron chi connectivity index (χ3n) is 2.58. The highest BCUT2D eigenvalue weighted by molar-refractivity contribution is 7.10. The quantitative estimate of drug-likeness (QED) is 0.792. The minimum absolute atomic E-state index is 0.0443. The smallest absolute Gasteiger partial charge is 0.242 e. The average molecular weight is 210 g/mol. The summed E-state index contributed by atoms with van der Waals surface area (Å²) >= 11 is 1.53. The summed E-state index contributed by atoms with van der Waals surface area (Å²) in [4.78, 5) is 12.5. The molecule has 0 saturated heterocycles. The van der Waals surface area contributed by atoms with Gasteiger partial charge in [0, 0.05) is 10.9 Å². The minimum atomic E-state index is -0.490. The van der Waals surface area contributed by atoms with E-state index in [9.17, 15) is 4.79 Å². The molecule has 0 aliphatic heterocycles. The number of rotatable bonds is 3. The summed E-state index contributed by atoms with van der Waals surface area (Å²) in [5, 5.41) is 4.88. The van der Waals surface area contributed by atoms with Crippen LogP contribution in [0.1, 0.15) is 30.2 Å². The van der Waals surface area contributed by atoms with Crippen LogP contribution in [0.3, 0.4) is 0 Å². The van der Waals surface area contributed by atoms with E-state index >= 15 is 0 Å². The summed E-state index contributed by atoms with van der Waals surface area (Å²) in [5.74, 6) is -0.0443. The number of carbonyl (C=O) groups excluding carboxylic acids is 1. The second-order valence-corrected chi connectivity index (χ2v) is 4.61. The van der Waals surface area contributed by atoms with E-state index in [0.717, 1.165) is 17.7 Å². The first-order valence-corrected chi connectivity index (χ1v) is 5.74. The third kappa shape index (κ3) is 1.96. The fourth-order valence-electron chi connectivity index (χ4n) is 1.44. The molecule has 14 heavy (non-hydrogen) atoms. The molecule has 4 heteroatoms. The molecule has 1 aromatic rings. The first kappa shape index (κ1) is 9.68. The number of nitrogens with two attached hydrogens (primary N) is 1. The molecular weight excluding hydrogens is 196 g/mol. The lowest BCUT2D eigenvalue weighted by Gasteiger charge is -2.27. The molecule has 1 amide bonds. The van der Waals surface area contributed by atoms with Crippen LogP contribution in [0.15, 0.2) is 17.5 Å². The Kier molecular flexibility index (Phi) is 2.84. The van der Waals surface area contributed by atoms with Gasteiger partial charge in [-0.3, -0.25) is 4.79 Å². The van der Waals surface area contributed by atoms with Gasteiger partial charge in [-0.15, -0.1) is 11.3 Å². The highest BCUT2D eigenvalue weighted by Crippen LogP contribution is 2.21. The lowest BCUT2D eigenvalue weighted by Crippen LogP contribution is -2.43.